The van der Waals surface area contributed by atoms with Crippen molar-refractivity contribution in [1.29, 1.82) is 0 Å². The largest absolute Gasteiger partial charge is 0.383 e. The first-order valence-electron chi connectivity index (χ1n) is 6.13. The maximum absolute atomic E-state index is 10.9. The van der Waals surface area contributed by atoms with Gasteiger partial charge in [-0.2, -0.15) is 0 Å². The lowest BCUT2D eigenvalue weighted by atomic mass is 9.69. The Labute approximate surface area is 96.7 Å². The highest BCUT2D eigenvalue weighted by atomic mass is 16.3. The van der Waals surface area contributed by atoms with Crippen molar-refractivity contribution in [1.82, 2.24) is 15.0 Å². The third-order valence-electron chi connectivity index (χ3n) is 3.90. The molecule has 0 amide bonds. The van der Waals surface area contributed by atoms with Crippen LogP contribution in [0.3, 0.4) is 0 Å². The van der Waals surface area contributed by atoms with Crippen LogP contribution in [0.15, 0.2) is 6.20 Å². The third kappa shape index (κ3) is 1.75. The van der Waals surface area contributed by atoms with Crippen molar-refractivity contribution in [2.75, 3.05) is 0 Å². The van der Waals surface area contributed by atoms with Crippen molar-refractivity contribution in [3.05, 3.63) is 11.9 Å². The second-order valence-electron chi connectivity index (χ2n) is 5.26. The van der Waals surface area contributed by atoms with Gasteiger partial charge in [-0.3, -0.25) is 0 Å². The van der Waals surface area contributed by atoms with Crippen LogP contribution in [0.25, 0.3) is 0 Å². The highest BCUT2D eigenvalue weighted by molar-refractivity contribution is 5.12. The number of hydrogen-bond donors (Lipinski definition) is 1. The minimum absolute atomic E-state index is 0.318. The molecule has 1 aromatic heterocycles. The smallest absolute Gasteiger partial charge is 0.111 e. The number of aryl methyl sites for hydroxylation is 1. The third-order valence-corrected chi connectivity index (χ3v) is 3.90. The summed E-state index contributed by atoms with van der Waals surface area (Å²) in [6, 6.07) is 0. The molecule has 0 aliphatic heterocycles. The van der Waals surface area contributed by atoms with Gasteiger partial charge in [0.15, 0.2) is 0 Å². The lowest BCUT2D eigenvalue weighted by molar-refractivity contribution is -0.0779. The first kappa shape index (κ1) is 11.6. The van der Waals surface area contributed by atoms with E-state index in [0.29, 0.717) is 11.8 Å². The van der Waals surface area contributed by atoms with Crippen molar-refractivity contribution < 1.29 is 5.11 Å². The van der Waals surface area contributed by atoms with Crippen LogP contribution in [0.5, 0.6) is 0 Å². The van der Waals surface area contributed by atoms with Crippen molar-refractivity contribution in [2.24, 2.45) is 18.9 Å². The van der Waals surface area contributed by atoms with Gasteiger partial charge in [0, 0.05) is 7.05 Å². The Hall–Kier alpha value is -0.900. The van der Waals surface area contributed by atoms with Crippen LogP contribution >= 0.6 is 0 Å². The Morgan fingerprint density at radius 2 is 2.25 bits per heavy atom. The van der Waals surface area contributed by atoms with Crippen LogP contribution in [0.1, 0.15) is 45.2 Å². The summed E-state index contributed by atoms with van der Waals surface area (Å²) >= 11 is 0. The molecule has 0 spiro atoms. The van der Waals surface area contributed by atoms with E-state index in [1.807, 2.05) is 7.05 Å². The number of nitrogens with zero attached hydrogens (tertiary/aromatic N) is 3. The second-order valence-corrected chi connectivity index (χ2v) is 5.26. The Balaban J connectivity index is 2.37. The first-order chi connectivity index (χ1) is 7.55. The van der Waals surface area contributed by atoms with Gasteiger partial charge in [-0.05, 0) is 24.7 Å². The first-order valence-corrected chi connectivity index (χ1v) is 6.13. The Morgan fingerprint density at radius 1 is 1.50 bits per heavy atom. The lowest BCUT2D eigenvalue weighted by Gasteiger charge is -2.41. The molecule has 1 heterocycles. The van der Waals surface area contributed by atoms with Crippen molar-refractivity contribution in [3.63, 3.8) is 0 Å². The zero-order valence-corrected chi connectivity index (χ0v) is 10.3. The van der Waals surface area contributed by atoms with E-state index in [1.165, 1.54) is 6.42 Å². The van der Waals surface area contributed by atoms with Gasteiger partial charge >= 0.3 is 0 Å². The SMILES string of the molecule is CC(C)C1CCCCC1(O)c1cnnn1C. The average molecular weight is 223 g/mol. The van der Waals surface area contributed by atoms with Crippen LogP contribution < -0.4 is 0 Å². The standard InChI is InChI=1S/C12H21N3O/c1-9(2)10-6-4-5-7-12(10,16)11-8-13-14-15(11)3/h8-10,16H,4-7H2,1-3H3. The van der Waals surface area contributed by atoms with Gasteiger partial charge < -0.3 is 5.11 Å². The Morgan fingerprint density at radius 3 is 2.81 bits per heavy atom. The molecule has 0 saturated heterocycles. The molecule has 16 heavy (non-hydrogen) atoms. The van der Waals surface area contributed by atoms with Gasteiger partial charge in [-0.1, -0.05) is 31.9 Å². The predicted octanol–water partition coefficient (Wildman–Crippen LogP) is 1.85. The fraction of sp³-hybridized carbons (Fsp3) is 0.833. The molecule has 2 atom stereocenters. The molecule has 90 valence electrons. The van der Waals surface area contributed by atoms with Gasteiger partial charge in [0.25, 0.3) is 0 Å². The molecular formula is C12H21N3O. The molecule has 0 bridgehead atoms. The van der Waals surface area contributed by atoms with E-state index in [9.17, 15) is 5.11 Å². The average Bonchev–Trinajstić information content (AvgIpc) is 2.65. The maximum atomic E-state index is 10.9. The number of rotatable bonds is 2. The highest BCUT2D eigenvalue weighted by Gasteiger charge is 2.43. The summed E-state index contributed by atoms with van der Waals surface area (Å²) in [5.74, 6) is 0.804. The van der Waals surface area contributed by atoms with E-state index in [-0.39, 0.29) is 0 Å². The van der Waals surface area contributed by atoms with Crippen LogP contribution in [0, 0.1) is 11.8 Å². The highest BCUT2D eigenvalue weighted by Crippen LogP contribution is 2.44. The van der Waals surface area contributed by atoms with Crippen molar-refractivity contribution >= 4 is 0 Å². The zero-order chi connectivity index (χ0) is 11.8. The monoisotopic (exact) mass is 223 g/mol. The molecule has 4 nitrogen and oxygen atoms in total. The summed E-state index contributed by atoms with van der Waals surface area (Å²) in [7, 11) is 1.85. The van der Waals surface area contributed by atoms with E-state index in [2.05, 4.69) is 24.2 Å². The van der Waals surface area contributed by atoms with E-state index in [0.717, 1.165) is 25.0 Å². The van der Waals surface area contributed by atoms with E-state index >= 15 is 0 Å². The summed E-state index contributed by atoms with van der Waals surface area (Å²) in [5.41, 5.74) is 0.135. The molecule has 1 fully saturated rings. The number of aromatic nitrogens is 3. The summed E-state index contributed by atoms with van der Waals surface area (Å²) < 4.78 is 1.71. The summed E-state index contributed by atoms with van der Waals surface area (Å²) in [5, 5.41) is 18.8. The molecule has 1 N–H and O–H groups in total. The quantitative estimate of drug-likeness (QED) is 0.832. The molecule has 0 radical (unpaired) electrons. The van der Waals surface area contributed by atoms with Crippen molar-refractivity contribution in [2.45, 2.75) is 45.1 Å². The summed E-state index contributed by atoms with van der Waals surface area (Å²) in [6.45, 7) is 4.37. The lowest BCUT2D eigenvalue weighted by Crippen LogP contribution is -2.42. The topological polar surface area (TPSA) is 50.9 Å². The van der Waals surface area contributed by atoms with Crippen LogP contribution in [-0.2, 0) is 12.6 Å². The minimum Gasteiger partial charge on any atom is -0.383 e. The molecule has 1 aliphatic rings. The number of hydrogen-bond acceptors (Lipinski definition) is 3. The van der Waals surface area contributed by atoms with Crippen LogP contribution in [0.4, 0.5) is 0 Å². The predicted molar refractivity (Wildman–Crippen MR) is 61.7 cm³/mol. The molecule has 2 rings (SSSR count). The maximum Gasteiger partial charge on any atom is 0.111 e. The fourth-order valence-corrected chi connectivity index (χ4v) is 3.07. The molecule has 2 unspecified atom stereocenters. The Kier molecular flexibility index (Phi) is 3.02. The van der Waals surface area contributed by atoms with Gasteiger partial charge in [0.05, 0.1) is 11.9 Å². The number of aliphatic hydroxyl groups is 1. The van der Waals surface area contributed by atoms with Gasteiger partial charge in [-0.25, -0.2) is 4.68 Å². The normalized spacial score (nSPS) is 30.9. The molecule has 0 aromatic carbocycles. The Bertz CT molecular complexity index is 361. The fourth-order valence-electron chi connectivity index (χ4n) is 3.07. The van der Waals surface area contributed by atoms with E-state index in [4.69, 9.17) is 0 Å². The molecule has 1 aliphatic carbocycles. The summed E-state index contributed by atoms with van der Waals surface area (Å²) in [6.07, 6.45) is 5.94. The van der Waals surface area contributed by atoms with E-state index in [1.54, 1.807) is 10.9 Å². The van der Waals surface area contributed by atoms with Crippen LogP contribution in [-0.4, -0.2) is 20.1 Å². The second kappa shape index (κ2) is 4.17. The van der Waals surface area contributed by atoms with Gasteiger partial charge in [0.1, 0.15) is 5.60 Å². The van der Waals surface area contributed by atoms with Crippen LogP contribution in [0.2, 0.25) is 0 Å². The van der Waals surface area contributed by atoms with Crippen molar-refractivity contribution in [3.8, 4) is 0 Å². The zero-order valence-electron chi connectivity index (χ0n) is 10.3. The van der Waals surface area contributed by atoms with Gasteiger partial charge in [-0.15, -0.1) is 5.10 Å². The molecule has 4 heteroatoms. The molecule has 1 saturated carbocycles. The van der Waals surface area contributed by atoms with Gasteiger partial charge in [0.2, 0.25) is 0 Å². The molecular weight excluding hydrogens is 202 g/mol. The molecule has 1 aromatic rings. The van der Waals surface area contributed by atoms with E-state index < -0.39 is 5.60 Å². The minimum atomic E-state index is -0.731. The summed E-state index contributed by atoms with van der Waals surface area (Å²) in [4.78, 5) is 0.